The van der Waals surface area contributed by atoms with Gasteiger partial charge in [0.15, 0.2) is 4.80 Å². The van der Waals surface area contributed by atoms with E-state index in [1.165, 1.54) is 16.7 Å². The lowest BCUT2D eigenvalue weighted by Gasteiger charge is -2.24. The van der Waals surface area contributed by atoms with Crippen LogP contribution in [0.15, 0.2) is 69.6 Å². The number of hydrogen-bond acceptors (Lipinski definition) is 7. The fraction of sp³-hybridized carbons (Fsp3) is 0.240. The minimum absolute atomic E-state index is 0.0524. The Bertz CT molecular complexity index is 1460. The van der Waals surface area contributed by atoms with Crippen molar-refractivity contribution in [3.8, 4) is 11.5 Å². The Morgan fingerprint density at radius 1 is 1.20 bits per heavy atom. The number of aromatic nitrogens is 1. The van der Waals surface area contributed by atoms with Crippen LogP contribution in [0.25, 0.3) is 6.08 Å². The van der Waals surface area contributed by atoms with Crippen molar-refractivity contribution in [2.45, 2.75) is 26.5 Å². The number of carbonyl (C=O) groups excluding carboxylic acids is 1. The zero-order valence-corrected chi connectivity index (χ0v) is 20.0. The van der Waals surface area contributed by atoms with Crippen LogP contribution >= 0.6 is 11.3 Å². The lowest BCUT2D eigenvalue weighted by Crippen LogP contribution is -2.39. The standard InChI is InChI=1S/C25H22F2N2O5S/c1-4-33-23(31)20-14(2)28-25-29(21(20)15-9-11-17(32-3)12-10-15)22(30)19(35-25)13-16-7-5-6-8-18(16)34-24(26)27/h5-13,21,24H,4H2,1-3H3/b19-13+/t21-/m0/s1. The van der Waals surface area contributed by atoms with Gasteiger partial charge in [-0.3, -0.25) is 9.36 Å². The number of nitrogens with zero attached hydrogens (tertiary/aromatic N) is 2. The number of fused-ring (bicyclic) bond motifs is 1. The summed E-state index contributed by atoms with van der Waals surface area (Å²) in [5.74, 6) is -0.00172. The molecule has 0 fully saturated rings. The molecule has 0 N–H and O–H groups in total. The highest BCUT2D eigenvalue weighted by molar-refractivity contribution is 7.07. The molecular formula is C25H22F2N2O5S. The first kappa shape index (κ1) is 24.3. The highest BCUT2D eigenvalue weighted by Gasteiger charge is 2.33. The number of halogens is 2. The van der Waals surface area contributed by atoms with E-state index in [2.05, 4.69) is 9.73 Å². The summed E-state index contributed by atoms with van der Waals surface area (Å²) in [5.41, 5.74) is 1.24. The van der Waals surface area contributed by atoms with Gasteiger partial charge in [0.1, 0.15) is 11.5 Å². The zero-order valence-electron chi connectivity index (χ0n) is 19.2. The minimum Gasteiger partial charge on any atom is -0.497 e. The van der Waals surface area contributed by atoms with Gasteiger partial charge in [-0.15, -0.1) is 0 Å². The number of allylic oxidation sites excluding steroid dienone is 1. The highest BCUT2D eigenvalue weighted by atomic mass is 32.1. The normalized spacial score (nSPS) is 15.6. The molecule has 0 bridgehead atoms. The molecule has 0 unspecified atom stereocenters. The number of thiazole rings is 1. The average Bonchev–Trinajstić information content (AvgIpc) is 3.13. The molecule has 1 aliphatic heterocycles. The van der Waals surface area contributed by atoms with Crippen molar-refractivity contribution < 1.29 is 27.8 Å². The van der Waals surface area contributed by atoms with Crippen LogP contribution in [0.1, 0.15) is 31.0 Å². The van der Waals surface area contributed by atoms with E-state index >= 15 is 0 Å². The van der Waals surface area contributed by atoms with Crippen LogP contribution in [0, 0.1) is 0 Å². The second kappa shape index (κ2) is 10.2. The molecule has 182 valence electrons. The Balaban J connectivity index is 1.92. The molecule has 1 aliphatic rings. The van der Waals surface area contributed by atoms with Gasteiger partial charge in [0.05, 0.1) is 35.6 Å². The summed E-state index contributed by atoms with van der Waals surface area (Å²) in [6, 6.07) is 12.4. The highest BCUT2D eigenvalue weighted by Crippen LogP contribution is 2.31. The van der Waals surface area contributed by atoms with Crippen LogP contribution in [0.2, 0.25) is 0 Å². The van der Waals surface area contributed by atoms with Gasteiger partial charge < -0.3 is 14.2 Å². The van der Waals surface area contributed by atoms with Crippen LogP contribution in [-0.2, 0) is 9.53 Å². The molecule has 0 saturated carbocycles. The number of methoxy groups -OCH3 is 1. The number of esters is 1. The van der Waals surface area contributed by atoms with Crippen LogP contribution in [0.4, 0.5) is 8.78 Å². The summed E-state index contributed by atoms with van der Waals surface area (Å²) in [4.78, 5) is 31.4. The van der Waals surface area contributed by atoms with Crippen molar-refractivity contribution >= 4 is 23.4 Å². The number of alkyl halides is 2. The molecule has 10 heteroatoms. The second-order valence-corrected chi connectivity index (χ2v) is 8.50. The van der Waals surface area contributed by atoms with E-state index in [9.17, 15) is 18.4 Å². The molecule has 0 saturated heterocycles. The van der Waals surface area contributed by atoms with E-state index in [1.807, 2.05) is 0 Å². The number of hydrogen-bond donors (Lipinski definition) is 0. The third kappa shape index (κ3) is 4.88. The van der Waals surface area contributed by atoms with Crippen molar-refractivity contribution in [3.63, 3.8) is 0 Å². The van der Waals surface area contributed by atoms with Crippen molar-refractivity contribution in [3.05, 3.63) is 90.6 Å². The molecule has 2 heterocycles. The van der Waals surface area contributed by atoms with Gasteiger partial charge in [0, 0.05) is 5.56 Å². The fourth-order valence-corrected chi connectivity index (χ4v) is 4.87. The van der Waals surface area contributed by atoms with Crippen molar-refractivity contribution in [2.24, 2.45) is 4.99 Å². The second-order valence-electron chi connectivity index (χ2n) is 7.49. The summed E-state index contributed by atoms with van der Waals surface area (Å²) in [6.07, 6.45) is 1.48. The molecule has 35 heavy (non-hydrogen) atoms. The molecule has 4 rings (SSSR count). The monoisotopic (exact) mass is 500 g/mol. The average molecular weight is 501 g/mol. The Morgan fingerprint density at radius 2 is 1.91 bits per heavy atom. The Hall–Kier alpha value is -3.79. The summed E-state index contributed by atoms with van der Waals surface area (Å²) in [6.45, 7) is 0.544. The number of ether oxygens (including phenoxy) is 3. The van der Waals surface area contributed by atoms with Gasteiger partial charge in [-0.1, -0.05) is 41.7 Å². The van der Waals surface area contributed by atoms with Gasteiger partial charge in [-0.05, 0) is 43.7 Å². The quantitative estimate of drug-likeness (QED) is 0.465. The molecule has 7 nitrogen and oxygen atoms in total. The van der Waals surface area contributed by atoms with E-state index in [1.54, 1.807) is 63.4 Å². The molecular weight excluding hydrogens is 478 g/mol. The molecule has 0 radical (unpaired) electrons. The number of rotatable bonds is 7. The lowest BCUT2D eigenvalue weighted by atomic mass is 9.96. The zero-order chi connectivity index (χ0) is 25.1. The van der Waals surface area contributed by atoms with Gasteiger partial charge in [-0.2, -0.15) is 8.78 Å². The van der Waals surface area contributed by atoms with Gasteiger partial charge in [0.2, 0.25) is 0 Å². The van der Waals surface area contributed by atoms with E-state index in [0.29, 0.717) is 27.4 Å². The number of carbonyl (C=O) groups is 1. The first-order valence-electron chi connectivity index (χ1n) is 10.7. The maximum absolute atomic E-state index is 13.6. The van der Waals surface area contributed by atoms with Gasteiger partial charge >= 0.3 is 12.6 Å². The van der Waals surface area contributed by atoms with E-state index in [4.69, 9.17) is 9.47 Å². The van der Waals surface area contributed by atoms with E-state index in [0.717, 1.165) is 11.3 Å². The molecule has 2 aromatic carbocycles. The molecule has 1 atom stereocenters. The van der Waals surface area contributed by atoms with Crippen molar-refractivity contribution in [1.29, 1.82) is 0 Å². The third-order valence-corrected chi connectivity index (χ3v) is 6.35. The Labute approximate surface area is 203 Å². The van der Waals surface area contributed by atoms with Gasteiger partial charge in [0.25, 0.3) is 5.56 Å². The van der Waals surface area contributed by atoms with Crippen LogP contribution in [0.5, 0.6) is 11.5 Å². The molecule has 0 aliphatic carbocycles. The van der Waals surface area contributed by atoms with E-state index in [-0.39, 0.29) is 22.5 Å². The molecule has 0 spiro atoms. The summed E-state index contributed by atoms with van der Waals surface area (Å²) < 4.78 is 42.5. The van der Waals surface area contributed by atoms with Crippen LogP contribution < -0.4 is 24.4 Å². The minimum atomic E-state index is -3.00. The van der Waals surface area contributed by atoms with Crippen LogP contribution in [0.3, 0.4) is 0 Å². The van der Waals surface area contributed by atoms with Crippen LogP contribution in [-0.4, -0.2) is 30.9 Å². The first-order chi connectivity index (χ1) is 16.8. The molecule has 0 amide bonds. The largest absolute Gasteiger partial charge is 0.497 e. The number of para-hydroxylation sites is 1. The first-order valence-corrected chi connectivity index (χ1v) is 11.5. The van der Waals surface area contributed by atoms with E-state index < -0.39 is 24.2 Å². The fourth-order valence-electron chi connectivity index (χ4n) is 3.84. The Kier molecular flexibility index (Phi) is 7.11. The predicted octanol–water partition coefficient (Wildman–Crippen LogP) is 3.41. The Morgan fingerprint density at radius 3 is 2.57 bits per heavy atom. The molecule has 3 aromatic rings. The third-order valence-electron chi connectivity index (χ3n) is 5.37. The van der Waals surface area contributed by atoms with Gasteiger partial charge in [-0.25, -0.2) is 9.79 Å². The lowest BCUT2D eigenvalue weighted by molar-refractivity contribution is -0.139. The smallest absolute Gasteiger partial charge is 0.387 e. The number of benzene rings is 2. The maximum Gasteiger partial charge on any atom is 0.387 e. The summed E-state index contributed by atoms with van der Waals surface area (Å²) in [5, 5.41) is 0. The SMILES string of the molecule is CCOC(=O)C1=C(C)N=c2s/c(=C/c3ccccc3OC(F)F)c(=O)n2[C@H]1c1ccc(OC)cc1. The summed E-state index contributed by atoms with van der Waals surface area (Å²) >= 11 is 1.10. The molecule has 1 aromatic heterocycles. The topological polar surface area (TPSA) is 79.1 Å². The van der Waals surface area contributed by atoms with Crippen molar-refractivity contribution in [2.75, 3.05) is 13.7 Å². The maximum atomic E-state index is 13.6. The predicted molar refractivity (Wildman–Crippen MR) is 126 cm³/mol. The van der Waals surface area contributed by atoms with Crippen molar-refractivity contribution in [1.82, 2.24) is 4.57 Å². The summed E-state index contributed by atoms with van der Waals surface area (Å²) in [7, 11) is 1.54.